The van der Waals surface area contributed by atoms with Gasteiger partial charge in [-0.05, 0) is 30.7 Å². The van der Waals surface area contributed by atoms with Gasteiger partial charge in [0.1, 0.15) is 5.82 Å². The van der Waals surface area contributed by atoms with Crippen LogP contribution < -0.4 is 5.32 Å². The third-order valence-corrected chi connectivity index (χ3v) is 2.24. The lowest BCUT2D eigenvalue weighted by Crippen LogP contribution is -2.19. The van der Waals surface area contributed by atoms with Crippen LogP contribution in [0.2, 0.25) is 5.02 Å². The minimum atomic E-state index is -0.312. The first-order valence-electron chi connectivity index (χ1n) is 5.46. The van der Waals surface area contributed by atoms with E-state index in [1.54, 1.807) is 6.07 Å². The van der Waals surface area contributed by atoms with Gasteiger partial charge >= 0.3 is 0 Å². The molecule has 94 valence electrons. The van der Waals surface area contributed by atoms with E-state index >= 15 is 0 Å². The summed E-state index contributed by atoms with van der Waals surface area (Å²) in [6.07, 6.45) is 0. The maximum absolute atomic E-state index is 13.0. The number of halogens is 2. The minimum absolute atomic E-state index is 0.312. The molecule has 0 radical (unpaired) electrons. The van der Waals surface area contributed by atoms with Crippen LogP contribution in [-0.4, -0.2) is 19.8 Å². The molecule has 1 aromatic rings. The Hall–Kier alpha value is -0.900. The Balaban J connectivity index is 2.20. The van der Waals surface area contributed by atoms with Gasteiger partial charge in [0, 0.05) is 18.1 Å². The van der Waals surface area contributed by atoms with Crippen LogP contribution in [0.15, 0.2) is 30.4 Å². The predicted octanol–water partition coefficient (Wildman–Crippen LogP) is 3.16. The number of nitrogens with one attached hydrogen (secondary N) is 1. The fraction of sp³-hybridized carbons (Fsp3) is 0.385. The van der Waals surface area contributed by atoms with E-state index in [0.29, 0.717) is 31.3 Å². The first-order valence-corrected chi connectivity index (χ1v) is 5.83. The molecule has 0 amide bonds. The fourth-order valence-corrected chi connectivity index (χ4v) is 1.58. The molecule has 0 aliphatic carbocycles. The molecule has 0 aliphatic rings. The molecule has 0 aromatic heterocycles. The maximum Gasteiger partial charge on any atom is 0.125 e. The summed E-state index contributed by atoms with van der Waals surface area (Å²) < 4.78 is 18.3. The number of hydrogen-bond acceptors (Lipinski definition) is 2. The first-order chi connectivity index (χ1) is 8.08. The summed E-state index contributed by atoms with van der Waals surface area (Å²) in [5.41, 5.74) is 1.83. The van der Waals surface area contributed by atoms with E-state index in [1.165, 1.54) is 12.1 Å². The fourth-order valence-electron chi connectivity index (χ4n) is 1.34. The Labute approximate surface area is 106 Å². The van der Waals surface area contributed by atoms with Crippen molar-refractivity contribution in [2.45, 2.75) is 13.5 Å². The van der Waals surface area contributed by atoms with E-state index in [9.17, 15) is 4.39 Å². The molecule has 17 heavy (non-hydrogen) atoms. The summed E-state index contributed by atoms with van der Waals surface area (Å²) in [7, 11) is 0. The van der Waals surface area contributed by atoms with Gasteiger partial charge in [0.15, 0.2) is 0 Å². The largest absolute Gasteiger partial charge is 0.376 e. The van der Waals surface area contributed by atoms with Crippen LogP contribution in [0, 0.1) is 5.82 Å². The summed E-state index contributed by atoms with van der Waals surface area (Å²) in [4.78, 5) is 0. The molecule has 0 unspecified atom stereocenters. The molecular weight excluding hydrogens is 241 g/mol. The van der Waals surface area contributed by atoms with Crippen LogP contribution in [0.5, 0.6) is 0 Å². The van der Waals surface area contributed by atoms with Gasteiger partial charge in [0.2, 0.25) is 0 Å². The molecule has 0 bridgehead atoms. The quantitative estimate of drug-likeness (QED) is 0.598. The van der Waals surface area contributed by atoms with E-state index in [4.69, 9.17) is 16.3 Å². The molecule has 0 saturated carbocycles. The zero-order valence-corrected chi connectivity index (χ0v) is 10.7. The van der Waals surface area contributed by atoms with Crippen LogP contribution in [0.3, 0.4) is 0 Å². The molecule has 0 heterocycles. The summed E-state index contributed by atoms with van der Waals surface area (Å²) in [5.74, 6) is -0.312. The molecule has 0 spiro atoms. The van der Waals surface area contributed by atoms with Gasteiger partial charge in [-0.2, -0.15) is 0 Å². The Kier molecular flexibility index (Phi) is 6.19. The highest BCUT2D eigenvalue weighted by Crippen LogP contribution is 2.13. The van der Waals surface area contributed by atoms with E-state index in [0.717, 1.165) is 11.1 Å². The van der Waals surface area contributed by atoms with Gasteiger partial charge in [0.25, 0.3) is 0 Å². The Morgan fingerprint density at radius 2 is 2.24 bits per heavy atom. The second-order valence-electron chi connectivity index (χ2n) is 3.96. The highest BCUT2D eigenvalue weighted by Gasteiger charge is 1.98. The Morgan fingerprint density at radius 1 is 1.47 bits per heavy atom. The molecule has 1 N–H and O–H groups in total. The standard InChI is InChI=1S/C13H17ClFNO/c1-10(2)9-17-4-3-16-8-11-5-12(14)7-13(15)6-11/h5-7,16H,1,3-4,8-9H2,2H3. The Bertz CT molecular complexity index is 361. The number of hydrogen-bond donors (Lipinski definition) is 1. The highest BCUT2D eigenvalue weighted by atomic mass is 35.5. The summed E-state index contributed by atoms with van der Waals surface area (Å²) in [5, 5.41) is 3.57. The second-order valence-corrected chi connectivity index (χ2v) is 4.40. The lowest BCUT2D eigenvalue weighted by molar-refractivity contribution is 0.158. The lowest BCUT2D eigenvalue weighted by Gasteiger charge is -2.06. The number of benzene rings is 1. The summed E-state index contributed by atoms with van der Waals surface area (Å²) in [6, 6.07) is 4.50. The molecule has 0 saturated heterocycles. The third-order valence-electron chi connectivity index (χ3n) is 2.02. The van der Waals surface area contributed by atoms with Crippen LogP contribution >= 0.6 is 11.6 Å². The summed E-state index contributed by atoms with van der Waals surface area (Å²) in [6.45, 7) is 8.13. The van der Waals surface area contributed by atoms with Crippen LogP contribution in [0.1, 0.15) is 12.5 Å². The van der Waals surface area contributed by atoms with Crippen molar-refractivity contribution in [3.8, 4) is 0 Å². The molecule has 0 atom stereocenters. The zero-order valence-electron chi connectivity index (χ0n) is 9.93. The third kappa shape index (κ3) is 6.41. The summed E-state index contributed by atoms with van der Waals surface area (Å²) >= 11 is 5.75. The second kappa shape index (κ2) is 7.43. The number of ether oxygens (including phenoxy) is 1. The van der Waals surface area contributed by atoms with Crippen LogP contribution in [0.4, 0.5) is 4.39 Å². The molecule has 2 nitrogen and oxygen atoms in total. The van der Waals surface area contributed by atoms with Gasteiger partial charge in [-0.3, -0.25) is 0 Å². The van der Waals surface area contributed by atoms with Crippen molar-refractivity contribution in [2.24, 2.45) is 0 Å². The highest BCUT2D eigenvalue weighted by molar-refractivity contribution is 6.30. The molecular formula is C13H17ClFNO. The Morgan fingerprint density at radius 3 is 2.88 bits per heavy atom. The zero-order chi connectivity index (χ0) is 12.7. The van der Waals surface area contributed by atoms with Crippen molar-refractivity contribution in [2.75, 3.05) is 19.8 Å². The predicted molar refractivity (Wildman–Crippen MR) is 68.7 cm³/mol. The van der Waals surface area contributed by atoms with Crippen molar-refractivity contribution in [1.29, 1.82) is 0 Å². The average Bonchev–Trinajstić information content (AvgIpc) is 2.21. The van der Waals surface area contributed by atoms with E-state index in [-0.39, 0.29) is 5.82 Å². The van der Waals surface area contributed by atoms with E-state index < -0.39 is 0 Å². The van der Waals surface area contributed by atoms with Crippen LogP contribution in [-0.2, 0) is 11.3 Å². The van der Waals surface area contributed by atoms with Gasteiger partial charge in [-0.15, -0.1) is 0 Å². The van der Waals surface area contributed by atoms with E-state index in [1.807, 2.05) is 6.92 Å². The molecule has 0 fully saturated rings. The molecule has 1 aromatic carbocycles. The van der Waals surface area contributed by atoms with E-state index in [2.05, 4.69) is 11.9 Å². The first kappa shape index (κ1) is 14.2. The smallest absolute Gasteiger partial charge is 0.125 e. The molecule has 0 aliphatic heterocycles. The van der Waals surface area contributed by atoms with Crippen LogP contribution in [0.25, 0.3) is 0 Å². The average molecular weight is 258 g/mol. The van der Waals surface area contributed by atoms with Crippen molar-refractivity contribution in [3.63, 3.8) is 0 Å². The van der Waals surface area contributed by atoms with Crippen molar-refractivity contribution in [1.82, 2.24) is 5.32 Å². The SMILES string of the molecule is C=C(C)COCCNCc1cc(F)cc(Cl)c1. The minimum Gasteiger partial charge on any atom is -0.376 e. The van der Waals surface area contributed by atoms with Gasteiger partial charge < -0.3 is 10.1 Å². The van der Waals surface area contributed by atoms with Gasteiger partial charge in [-0.25, -0.2) is 4.39 Å². The monoisotopic (exact) mass is 257 g/mol. The van der Waals surface area contributed by atoms with Crippen molar-refractivity contribution >= 4 is 11.6 Å². The van der Waals surface area contributed by atoms with Crippen molar-refractivity contribution < 1.29 is 9.13 Å². The van der Waals surface area contributed by atoms with Gasteiger partial charge in [-0.1, -0.05) is 23.8 Å². The van der Waals surface area contributed by atoms with Gasteiger partial charge in [0.05, 0.1) is 13.2 Å². The normalized spacial score (nSPS) is 10.5. The lowest BCUT2D eigenvalue weighted by atomic mass is 10.2. The number of rotatable bonds is 7. The molecule has 1 rings (SSSR count). The molecule has 4 heteroatoms. The topological polar surface area (TPSA) is 21.3 Å². The van der Waals surface area contributed by atoms with Crippen molar-refractivity contribution in [3.05, 3.63) is 46.8 Å². The maximum atomic E-state index is 13.0.